The maximum Gasteiger partial charge on any atom is 0.422 e. The third-order valence-electron chi connectivity index (χ3n) is 2.19. The Morgan fingerprint density at radius 3 is 2.59 bits per heavy atom. The van der Waals surface area contributed by atoms with E-state index in [0.29, 0.717) is 0 Å². The molecule has 1 radical (unpaired) electrons. The van der Waals surface area contributed by atoms with Crippen molar-refractivity contribution in [2.24, 2.45) is 0 Å². The van der Waals surface area contributed by atoms with Crippen LogP contribution in [-0.2, 0) is 6.18 Å². The molecule has 0 bridgehead atoms. The number of benzene rings is 1. The first-order valence-corrected chi connectivity index (χ1v) is 4.73. The molecule has 2 aromatic rings. The molecule has 0 spiro atoms. The van der Waals surface area contributed by atoms with Gasteiger partial charge in [0.25, 0.3) is 0 Å². The van der Waals surface area contributed by atoms with Gasteiger partial charge >= 0.3 is 6.18 Å². The van der Waals surface area contributed by atoms with Gasteiger partial charge < -0.3 is 0 Å². The van der Waals surface area contributed by atoms with Gasteiger partial charge in [0.15, 0.2) is 12.0 Å². The standard InChI is InChI=1S/C12H7F4N/c13-9-4-3-7-17(8-9)11-6-2-1-5-10(11)12(14,15)16/h2-8H/q+1. The number of pyridine rings is 1. The molecule has 0 saturated heterocycles. The van der Waals surface area contributed by atoms with E-state index in [2.05, 4.69) is 6.07 Å². The Labute approximate surface area is 94.9 Å². The number of aromatic nitrogens is 1. The molecule has 0 fully saturated rings. The molecule has 0 atom stereocenters. The maximum absolute atomic E-state index is 13.0. The van der Waals surface area contributed by atoms with Crippen LogP contribution in [0.15, 0.2) is 42.7 Å². The van der Waals surface area contributed by atoms with Crippen LogP contribution in [0, 0.1) is 11.9 Å². The highest BCUT2D eigenvalue weighted by Crippen LogP contribution is 2.31. The lowest BCUT2D eigenvalue weighted by Gasteiger charge is -2.07. The monoisotopic (exact) mass is 241 g/mol. The van der Waals surface area contributed by atoms with Crippen molar-refractivity contribution >= 4 is 0 Å². The quantitative estimate of drug-likeness (QED) is 0.534. The molecule has 0 aliphatic carbocycles. The molecule has 87 valence electrons. The number of alkyl halides is 3. The van der Waals surface area contributed by atoms with Gasteiger partial charge in [0.05, 0.1) is 0 Å². The fourth-order valence-electron chi connectivity index (χ4n) is 1.47. The summed E-state index contributed by atoms with van der Waals surface area (Å²) >= 11 is 0. The summed E-state index contributed by atoms with van der Waals surface area (Å²) in [7, 11) is 0. The summed E-state index contributed by atoms with van der Waals surface area (Å²) in [6.45, 7) is 0. The van der Waals surface area contributed by atoms with Gasteiger partial charge in [-0.25, -0.2) is 4.39 Å². The molecule has 0 unspecified atom stereocenters. The molecule has 17 heavy (non-hydrogen) atoms. The lowest BCUT2D eigenvalue weighted by atomic mass is 10.1. The number of hydrogen-bond acceptors (Lipinski definition) is 0. The largest absolute Gasteiger partial charge is 0.422 e. The van der Waals surface area contributed by atoms with E-state index in [0.717, 1.165) is 16.8 Å². The molecule has 0 amide bonds. The van der Waals surface area contributed by atoms with Crippen molar-refractivity contribution in [3.05, 3.63) is 60.2 Å². The van der Waals surface area contributed by atoms with Crippen molar-refractivity contribution in [1.82, 2.24) is 0 Å². The summed E-state index contributed by atoms with van der Waals surface area (Å²) in [5.41, 5.74) is -0.980. The number of hydrogen-bond donors (Lipinski definition) is 0. The Balaban J connectivity index is 2.60. The summed E-state index contributed by atoms with van der Waals surface area (Å²) in [6, 6.07) is 8.30. The average Bonchev–Trinajstić information content (AvgIpc) is 2.28. The van der Waals surface area contributed by atoms with E-state index in [1.807, 2.05) is 0 Å². The van der Waals surface area contributed by atoms with Crippen LogP contribution < -0.4 is 4.57 Å². The summed E-state index contributed by atoms with van der Waals surface area (Å²) in [6.07, 6.45) is -2.15. The van der Waals surface area contributed by atoms with Crippen LogP contribution in [0.3, 0.4) is 0 Å². The summed E-state index contributed by atoms with van der Waals surface area (Å²) < 4.78 is 52.2. The van der Waals surface area contributed by atoms with Crippen LogP contribution in [-0.4, -0.2) is 0 Å². The topological polar surface area (TPSA) is 3.88 Å². The second-order valence-electron chi connectivity index (χ2n) is 3.37. The number of halogens is 4. The first kappa shape index (κ1) is 11.6. The highest BCUT2D eigenvalue weighted by atomic mass is 19.4. The van der Waals surface area contributed by atoms with Gasteiger partial charge in [-0.05, 0) is 24.3 Å². The Morgan fingerprint density at radius 2 is 1.94 bits per heavy atom. The lowest BCUT2D eigenvalue weighted by molar-refractivity contribution is -0.599. The number of nitrogens with zero attached hydrogens (tertiary/aromatic N) is 1. The molecule has 0 saturated carbocycles. The van der Waals surface area contributed by atoms with Gasteiger partial charge in [0.1, 0.15) is 5.56 Å². The van der Waals surface area contributed by atoms with Crippen molar-refractivity contribution in [1.29, 1.82) is 0 Å². The van der Waals surface area contributed by atoms with Gasteiger partial charge in [-0.2, -0.15) is 17.7 Å². The van der Waals surface area contributed by atoms with E-state index in [1.54, 1.807) is 0 Å². The van der Waals surface area contributed by atoms with E-state index in [9.17, 15) is 17.6 Å². The van der Waals surface area contributed by atoms with Gasteiger partial charge in [-0.3, -0.25) is 0 Å². The van der Waals surface area contributed by atoms with Crippen LogP contribution in [0.5, 0.6) is 0 Å². The zero-order chi connectivity index (χ0) is 12.5. The van der Waals surface area contributed by atoms with Crippen LogP contribution in [0.1, 0.15) is 5.56 Å². The zero-order valence-corrected chi connectivity index (χ0v) is 8.50. The average molecular weight is 241 g/mol. The second-order valence-corrected chi connectivity index (χ2v) is 3.37. The molecule has 5 heteroatoms. The van der Waals surface area contributed by atoms with E-state index in [1.165, 1.54) is 30.5 Å². The minimum absolute atomic E-state index is 0.129. The molecule has 0 aliphatic heterocycles. The van der Waals surface area contributed by atoms with Gasteiger partial charge in [-0.1, -0.05) is 0 Å². The van der Waals surface area contributed by atoms with Crippen molar-refractivity contribution in [3.8, 4) is 5.69 Å². The third kappa shape index (κ3) is 2.43. The van der Waals surface area contributed by atoms with Crippen LogP contribution >= 0.6 is 0 Å². The molecule has 2 rings (SSSR count). The van der Waals surface area contributed by atoms with Gasteiger partial charge in [-0.15, -0.1) is 0 Å². The van der Waals surface area contributed by atoms with Crippen molar-refractivity contribution in [2.75, 3.05) is 0 Å². The Hall–Kier alpha value is -1.91. The van der Waals surface area contributed by atoms with Crippen LogP contribution in [0.25, 0.3) is 5.69 Å². The molecule has 1 aromatic heterocycles. The molecular weight excluding hydrogens is 234 g/mol. The number of rotatable bonds is 1. The van der Waals surface area contributed by atoms with Crippen molar-refractivity contribution < 1.29 is 22.1 Å². The molecule has 1 aromatic carbocycles. The maximum atomic E-state index is 13.0. The Morgan fingerprint density at radius 1 is 1.18 bits per heavy atom. The highest BCUT2D eigenvalue weighted by Gasteiger charge is 2.36. The Bertz CT molecular complexity index is 534. The second kappa shape index (κ2) is 4.16. The molecule has 1 heterocycles. The smallest absolute Gasteiger partial charge is 0.200 e. The normalized spacial score (nSPS) is 11.5. The van der Waals surface area contributed by atoms with Crippen LogP contribution in [0.2, 0.25) is 0 Å². The molecule has 0 aliphatic rings. The zero-order valence-electron chi connectivity index (χ0n) is 8.50. The molecule has 0 N–H and O–H groups in total. The van der Waals surface area contributed by atoms with E-state index >= 15 is 0 Å². The summed E-state index contributed by atoms with van der Waals surface area (Å²) in [5.74, 6) is -0.603. The third-order valence-corrected chi connectivity index (χ3v) is 2.19. The predicted molar refractivity (Wildman–Crippen MR) is 51.8 cm³/mol. The Kier molecular flexibility index (Phi) is 2.83. The first-order valence-electron chi connectivity index (χ1n) is 4.73. The molecular formula is C12H7F4N+. The fraction of sp³-hybridized carbons (Fsp3) is 0.0833. The van der Waals surface area contributed by atoms with Crippen molar-refractivity contribution in [3.63, 3.8) is 0 Å². The minimum atomic E-state index is -4.49. The highest BCUT2D eigenvalue weighted by molar-refractivity contribution is 5.35. The predicted octanol–water partition coefficient (Wildman–Crippen LogP) is 2.92. The first-order chi connectivity index (χ1) is 7.98. The van der Waals surface area contributed by atoms with Crippen LogP contribution in [0.4, 0.5) is 17.6 Å². The van der Waals surface area contributed by atoms with Gasteiger partial charge in [0, 0.05) is 12.1 Å². The van der Waals surface area contributed by atoms with Gasteiger partial charge in [0.2, 0.25) is 11.9 Å². The van der Waals surface area contributed by atoms with E-state index in [-0.39, 0.29) is 5.69 Å². The van der Waals surface area contributed by atoms with Crippen molar-refractivity contribution in [2.45, 2.75) is 6.18 Å². The summed E-state index contributed by atoms with van der Waals surface area (Å²) in [5, 5.41) is 0. The molecule has 1 nitrogen and oxygen atoms in total. The van der Waals surface area contributed by atoms with E-state index in [4.69, 9.17) is 0 Å². The fourth-order valence-corrected chi connectivity index (χ4v) is 1.47. The lowest BCUT2D eigenvalue weighted by Crippen LogP contribution is -2.33. The van der Waals surface area contributed by atoms with E-state index < -0.39 is 17.6 Å². The minimum Gasteiger partial charge on any atom is -0.200 e. The SMILES string of the molecule is Fc1ccc[n+](-c2cc[c]cc2C(F)(F)F)c1. The summed E-state index contributed by atoms with van der Waals surface area (Å²) in [4.78, 5) is 0.